The molecule has 4 heteroatoms. The van der Waals surface area contributed by atoms with Crippen LogP contribution < -0.4 is 9.80 Å². The lowest BCUT2D eigenvalue weighted by Gasteiger charge is -2.37. The van der Waals surface area contributed by atoms with Crippen LogP contribution in [0.5, 0.6) is 0 Å². The Morgan fingerprint density at radius 2 is 1.35 bits per heavy atom. The number of benzene rings is 3. The van der Waals surface area contributed by atoms with Gasteiger partial charge in [-0.25, -0.2) is 9.97 Å². The maximum Gasteiger partial charge on any atom is 0.226 e. The lowest BCUT2D eigenvalue weighted by molar-refractivity contribution is 0.640. The molecule has 0 bridgehead atoms. The number of rotatable bonds is 3. The molecule has 0 amide bonds. The van der Waals surface area contributed by atoms with E-state index in [0.29, 0.717) is 0 Å². The first kappa shape index (κ1) is 19.6. The van der Waals surface area contributed by atoms with Gasteiger partial charge in [-0.3, -0.25) is 0 Å². The van der Waals surface area contributed by atoms with Crippen molar-refractivity contribution in [3.63, 3.8) is 0 Å². The number of fused-ring (bicyclic) bond motifs is 1. The van der Waals surface area contributed by atoms with Crippen LogP contribution in [0.25, 0.3) is 22.2 Å². The second-order valence-electron chi connectivity index (χ2n) is 8.52. The molecule has 2 heterocycles. The molecule has 0 spiro atoms. The van der Waals surface area contributed by atoms with Gasteiger partial charge in [-0.1, -0.05) is 59.7 Å². The highest BCUT2D eigenvalue weighted by molar-refractivity contribution is 5.93. The summed E-state index contributed by atoms with van der Waals surface area (Å²) in [6, 6.07) is 23.6. The van der Waals surface area contributed by atoms with E-state index in [9.17, 15) is 0 Å². The zero-order valence-corrected chi connectivity index (χ0v) is 18.5. The first-order valence-corrected chi connectivity index (χ1v) is 11.0. The molecule has 4 nitrogen and oxygen atoms in total. The molecule has 3 aromatic carbocycles. The first-order chi connectivity index (χ1) is 15.1. The van der Waals surface area contributed by atoms with Gasteiger partial charge >= 0.3 is 0 Å². The van der Waals surface area contributed by atoms with Crippen LogP contribution in [0.4, 0.5) is 11.6 Å². The lowest BCUT2D eigenvalue weighted by atomic mass is 10.0. The number of nitrogens with zero attached hydrogens (tertiary/aromatic N) is 4. The van der Waals surface area contributed by atoms with Crippen LogP contribution in [-0.4, -0.2) is 36.1 Å². The normalized spacial score (nSPS) is 14.3. The van der Waals surface area contributed by atoms with Gasteiger partial charge in [-0.15, -0.1) is 0 Å². The number of aromatic nitrogens is 2. The van der Waals surface area contributed by atoms with E-state index >= 15 is 0 Å². The predicted octanol–water partition coefficient (Wildman–Crippen LogP) is 5.55. The zero-order valence-electron chi connectivity index (χ0n) is 18.5. The average molecular weight is 409 g/mol. The van der Waals surface area contributed by atoms with Crippen molar-refractivity contribution >= 4 is 22.5 Å². The molecule has 0 unspecified atom stereocenters. The van der Waals surface area contributed by atoms with E-state index in [1.165, 1.54) is 22.4 Å². The van der Waals surface area contributed by atoms with Gasteiger partial charge in [-0.05, 0) is 44.5 Å². The second-order valence-corrected chi connectivity index (χ2v) is 8.52. The molecule has 0 aliphatic carbocycles. The zero-order chi connectivity index (χ0) is 21.4. The summed E-state index contributed by atoms with van der Waals surface area (Å²) in [4.78, 5) is 14.8. The fourth-order valence-corrected chi connectivity index (χ4v) is 4.50. The van der Waals surface area contributed by atoms with Crippen molar-refractivity contribution in [2.75, 3.05) is 36.0 Å². The van der Waals surface area contributed by atoms with Gasteiger partial charge in [0.2, 0.25) is 5.95 Å². The molecule has 156 valence electrons. The van der Waals surface area contributed by atoms with Crippen LogP contribution in [-0.2, 0) is 0 Å². The molecule has 4 aromatic rings. The maximum atomic E-state index is 5.06. The fourth-order valence-electron chi connectivity index (χ4n) is 4.50. The highest BCUT2D eigenvalue weighted by atomic mass is 15.3. The highest BCUT2D eigenvalue weighted by Gasteiger charge is 2.22. The Morgan fingerprint density at radius 1 is 0.677 bits per heavy atom. The Bertz CT molecular complexity index is 1220. The third-order valence-electron chi connectivity index (χ3n) is 6.14. The summed E-state index contributed by atoms with van der Waals surface area (Å²) in [7, 11) is 0. The first-order valence-electron chi connectivity index (χ1n) is 11.0. The molecular formula is C27H28N4. The van der Waals surface area contributed by atoms with Crippen molar-refractivity contribution in [1.29, 1.82) is 0 Å². The van der Waals surface area contributed by atoms with Crippen LogP contribution in [0.3, 0.4) is 0 Å². The van der Waals surface area contributed by atoms with E-state index in [1.807, 2.05) is 6.07 Å². The third kappa shape index (κ3) is 3.86. The monoisotopic (exact) mass is 408 g/mol. The van der Waals surface area contributed by atoms with Crippen molar-refractivity contribution < 1.29 is 0 Å². The van der Waals surface area contributed by atoms with E-state index in [0.717, 1.165) is 54.3 Å². The molecule has 1 fully saturated rings. The smallest absolute Gasteiger partial charge is 0.226 e. The van der Waals surface area contributed by atoms with Gasteiger partial charge in [0.05, 0.1) is 11.2 Å². The van der Waals surface area contributed by atoms with Gasteiger partial charge in [0.15, 0.2) is 0 Å². The average Bonchev–Trinajstić information content (AvgIpc) is 2.79. The minimum atomic E-state index is 0.829. The molecule has 1 saturated heterocycles. The van der Waals surface area contributed by atoms with Gasteiger partial charge in [0.1, 0.15) is 0 Å². The second kappa shape index (κ2) is 8.03. The summed E-state index contributed by atoms with van der Waals surface area (Å²) in [6.07, 6.45) is 0. The standard InChI is InChI=1S/C27H28N4/c1-19-10-12-25(21(3)17-19)30-13-15-31(16-14-30)27-28-24-11-9-20(2)18-23(24)26(29-27)22-7-5-4-6-8-22/h4-12,17-18H,13-16H2,1-3H3. The van der Waals surface area contributed by atoms with Crippen molar-refractivity contribution in [1.82, 2.24) is 9.97 Å². The van der Waals surface area contributed by atoms with E-state index < -0.39 is 0 Å². The van der Waals surface area contributed by atoms with Gasteiger partial charge in [0.25, 0.3) is 0 Å². The molecule has 1 aromatic heterocycles. The van der Waals surface area contributed by atoms with Crippen LogP contribution >= 0.6 is 0 Å². The Morgan fingerprint density at radius 3 is 2.10 bits per heavy atom. The summed E-state index contributed by atoms with van der Waals surface area (Å²) >= 11 is 0. The van der Waals surface area contributed by atoms with Crippen LogP contribution in [0.15, 0.2) is 66.7 Å². The molecular weight excluding hydrogens is 380 g/mol. The third-order valence-corrected chi connectivity index (χ3v) is 6.14. The van der Waals surface area contributed by atoms with Crippen molar-refractivity contribution in [3.8, 4) is 11.3 Å². The minimum absolute atomic E-state index is 0.829. The molecule has 5 rings (SSSR count). The Kier molecular flexibility index (Phi) is 5.06. The maximum absolute atomic E-state index is 5.06. The SMILES string of the molecule is Cc1ccc(N2CCN(c3nc(-c4ccccc4)c4cc(C)ccc4n3)CC2)c(C)c1. The van der Waals surface area contributed by atoms with Crippen molar-refractivity contribution in [2.24, 2.45) is 0 Å². The molecule has 1 aliphatic heterocycles. The van der Waals surface area contributed by atoms with E-state index in [4.69, 9.17) is 9.97 Å². The van der Waals surface area contributed by atoms with Gasteiger partial charge < -0.3 is 9.80 Å². The fraction of sp³-hybridized carbons (Fsp3) is 0.259. The summed E-state index contributed by atoms with van der Waals surface area (Å²) in [5, 5.41) is 1.11. The Hall–Kier alpha value is -3.40. The quantitative estimate of drug-likeness (QED) is 0.445. The van der Waals surface area contributed by atoms with Crippen LogP contribution in [0.1, 0.15) is 16.7 Å². The predicted molar refractivity (Wildman–Crippen MR) is 130 cm³/mol. The van der Waals surface area contributed by atoms with Crippen molar-refractivity contribution in [2.45, 2.75) is 20.8 Å². The van der Waals surface area contributed by atoms with E-state index in [2.05, 4.69) is 91.2 Å². The van der Waals surface area contributed by atoms with Crippen LogP contribution in [0.2, 0.25) is 0 Å². The van der Waals surface area contributed by atoms with E-state index in [1.54, 1.807) is 0 Å². The molecule has 0 atom stereocenters. The van der Waals surface area contributed by atoms with Crippen molar-refractivity contribution in [3.05, 3.63) is 83.4 Å². The van der Waals surface area contributed by atoms with Gasteiger partial charge in [-0.2, -0.15) is 0 Å². The summed E-state index contributed by atoms with van der Waals surface area (Å²) < 4.78 is 0. The Balaban J connectivity index is 1.46. The summed E-state index contributed by atoms with van der Waals surface area (Å²) in [6.45, 7) is 10.2. The Labute approximate surface area is 184 Å². The minimum Gasteiger partial charge on any atom is -0.368 e. The highest BCUT2D eigenvalue weighted by Crippen LogP contribution is 2.30. The largest absolute Gasteiger partial charge is 0.368 e. The van der Waals surface area contributed by atoms with Crippen LogP contribution in [0, 0.1) is 20.8 Å². The molecule has 31 heavy (non-hydrogen) atoms. The number of hydrogen-bond acceptors (Lipinski definition) is 4. The molecule has 0 radical (unpaired) electrons. The lowest BCUT2D eigenvalue weighted by Crippen LogP contribution is -2.47. The number of anilines is 2. The summed E-state index contributed by atoms with van der Waals surface area (Å²) in [5.74, 6) is 0.829. The number of piperazine rings is 1. The molecule has 0 N–H and O–H groups in total. The topological polar surface area (TPSA) is 32.3 Å². The molecule has 1 aliphatic rings. The summed E-state index contributed by atoms with van der Waals surface area (Å²) in [5.41, 5.74) is 8.38. The molecule has 0 saturated carbocycles. The number of aryl methyl sites for hydroxylation is 3. The van der Waals surface area contributed by atoms with Gasteiger partial charge in [0, 0.05) is 42.8 Å². The number of hydrogen-bond donors (Lipinski definition) is 0. The van der Waals surface area contributed by atoms with E-state index in [-0.39, 0.29) is 0 Å².